The summed E-state index contributed by atoms with van der Waals surface area (Å²) in [5.41, 5.74) is 0. The average Bonchev–Trinajstić information content (AvgIpc) is 1.00. The molecule has 0 aliphatic carbocycles. The molecule has 0 aliphatic heterocycles. The summed E-state index contributed by atoms with van der Waals surface area (Å²) in [7, 11) is 0. The van der Waals surface area contributed by atoms with Crippen LogP contribution in [0.3, 0.4) is 0 Å². The standard InChI is InChI=1S/ClHO.Na.H2O/c1-2;;/h2H;;1H2. The van der Waals surface area contributed by atoms with Crippen LogP contribution in [0.5, 0.6) is 0 Å². The second-order valence-electron chi connectivity index (χ2n) is 0. The molecule has 0 aromatic heterocycles. The van der Waals surface area contributed by atoms with Crippen molar-refractivity contribution in [3.05, 3.63) is 0 Å². The summed E-state index contributed by atoms with van der Waals surface area (Å²) in [6.07, 6.45) is 0. The first kappa shape index (κ1) is 18.9. The Hall–Kier alpha value is 1.21. The van der Waals surface area contributed by atoms with Crippen molar-refractivity contribution in [2.45, 2.75) is 0 Å². The fourth-order valence-electron chi connectivity index (χ4n) is 0. The summed E-state index contributed by atoms with van der Waals surface area (Å²) in [4.78, 5) is 0. The second kappa shape index (κ2) is 29.6. The zero-order valence-electron chi connectivity index (χ0n) is 2.33. The van der Waals surface area contributed by atoms with Gasteiger partial charge < -0.3 is 5.48 Å². The van der Waals surface area contributed by atoms with Crippen molar-refractivity contribution < 1.29 is 10.1 Å². The molecule has 0 bridgehead atoms. The molecule has 0 heterocycles. The monoisotopic (exact) mass is 93.0 g/mol. The van der Waals surface area contributed by atoms with Gasteiger partial charge in [0.1, 0.15) is 0 Å². The van der Waals surface area contributed by atoms with Gasteiger partial charge >= 0.3 is 0 Å². The van der Waals surface area contributed by atoms with E-state index >= 15 is 0 Å². The van der Waals surface area contributed by atoms with Gasteiger partial charge in [-0.2, -0.15) is 0 Å². The Morgan fingerprint density at radius 3 is 1.25 bits per heavy atom. The van der Waals surface area contributed by atoms with E-state index in [0.717, 1.165) is 0 Å². The molecule has 0 fully saturated rings. The van der Waals surface area contributed by atoms with Gasteiger partial charge in [0.2, 0.25) is 0 Å². The molecule has 0 spiro atoms. The van der Waals surface area contributed by atoms with E-state index in [1.54, 1.807) is 0 Å². The van der Waals surface area contributed by atoms with Crippen LogP contribution in [-0.2, 0) is 0 Å². The van der Waals surface area contributed by atoms with Crippen molar-refractivity contribution in [3.8, 4) is 0 Å². The molecule has 0 saturated carbocycles. The Kier molecular flexibility index (Phi) is 140. The van der Waals surface area contributed by atoms with Crippen LogP contribution < -0.4 is 0 Å². The number of rotatable bonds is 0. The molecule has 0 atom stereocenters. The molecule has 0 aliphatic rings. The van der Waals surface area contributed by atoms with Gasteiger partial charge in [0.15, 0.2) is 0 Å². The maximum Gasteiger partial charge on any atom is 0.0579 e. The van der Waals surface area contributed by atoms with E-state index in [1.165, 1.54) is 0 Å². The summed E-state index contributed by atoms with van der Waals surface area (Å²) in [6.45, 7) is 0. The van der Waals surface area contributed by atoms with E-state index < -0.39 is 0 Å². The molecule has 0 rings (SSSR count). The largest absolute Gasteiger partial charge is 0.412 e. The Labute approximate surface area is 51.5 Å². The summed E-state index contributed by atoms with van der Waals surface area (Å²) in [5, 5.41) is 0. The van der Waals surface area contributed by atoms with Crippen LogP contribution in [0.4, 0.5) is 0 Å². The number of hydrogen-bond donors (Lipinski definition) is 1. The fourth-order valence-corrected chi connectivity index (χ4v) is 0. The molecular formula is H3ClNaO2. The Balaban J connectivity index is -0.00000000500. The van der Waals surface area contributed by atoms with Crippen LogP contribution in [0.25, 0.3) is 0 Å². The zero-order valence-corrected chi connectivity index (χ0v) is 5.08. The predicted molar refractivity (Wildman–Crippen MR) is 17.4 cm³/mol. The van der Waals surface area contributed by atoms with E-state index in [4.69, 9.17) is 4.66 Å². The van der Waals surface area contributed by atoms with Crippen LogP contribution in [0, 0.1) is 0 Å². The van der Waals surface area contributed by atoms with Crippen LogP contribution in [0.2, 0.25) is 0 Å². The van der Waals surface area contributed by atoms with Crippen LogP contribution >= 0.6 is 11.9 Å². The average molecular weight is 93.5 g/mol. The summed E-state index contributed by atoms with van der Waals surface area (Å²) < 4.78 is 6.47. The van der Waals surface area contributed by atoms with Crippen molar-refractivity contribution in [1.29, 1.82) is 0 Å². The van der Waals surface area contributed by atoms with Gasteiger partial charge in [-0.3, -0.25) is 4.66 Å². The molecule has 0 unspecified atom stereocenters. The molecule has 0 aromatic carbocycles. The first-order chi connectivity index (χ1) is 1.00. The van der Waals surface area contributed by atoms with Crippen LogP contribution in [-0.4, -0.2) is 39.7 Å². The van der Waals surface area contributed by atoms with Gasteiger partial charge in [0.25, 0.3) is 0 Å². The third-order valence-corrected chi connectivity index (χ3v) is 0. The van der Waals surface area contributed by atoms with Gasteiger partial charge in [0, 0.05) is 29.6 Å². The molecule has 0 aromatic rings. The first-order valence-electron chi connectivity index (χ1n) is 0.169. The SMILES string of the molecule is O.OCl.[Na]. The smallest absolute Gasteiger partial charge is 0.0579 e. The van der Waals surface area contributed by atoms with Gasteiger partial charge in [-0.05, 0) is 0 Å². The second-order valence-corrected chi connectivity index (χ2v) is 0. The molecule has 3 N–H and O–H groups in total. The van der Waals surface area contributed by atoms with Crippen molar-refractivity contribution in [3.63, 3.8) is 0 Å². The Bertz CT molecular complexity index is 6.00. The third kappa shape index (κ3) is 10.7. The van der Waals surface area contributed by atoms with Crippen molar-refractivity contribution in [2.75, 3.05) is 0 Å². The van der Waals surface area contributed by atoms with Gasteiger partial charge in [0.05, 0.1) is 11.9 Å². The molecule has 1 radical (unpaired) electrons. The Morgan fingerprint density at radius 1 is 1.25 bits per heavy atom. The number of hydrogen-bond acceptors (Lipinski definition) is 1. The minimum Gasteiger partial charge on any atom is -0.412 e. The van der Waals surface area contributed by atoms with Crippen molar-refractivity contribution in [2.24, 2.45) is 0 Å². The van der Waals surface area contributed by atoms with E-state index in [0.29, 0.717) is 0 Å². The summed E-state index contributed by atoms with van der Waals surface area (Å²) in [6, 6.07) is 0. The normalized spacial score (nSPS) is 1.50. The minimum absolute atomic E-state index is 0. The van der Waals surface area contributed by atoms with Crippen LogP contribution in [0.15, 0.2) is 0 Å². The molecule has 0 amide bonds. The van der Waals surface area contributed by atoms with E-state index in [-0.39, 0.29) is 35.0 Å². The fraction of sp³-hybridized carbons (Fsp3) is 0. The predicted octanol–water partition coefficient (Wildman–Crippen LogP) is -1.07. The molecular weight excluding hydrogens is 90.4 g/mol. The van der Waals surface area contributed by atoms with E-state index in [2.05, 4.69) is 11.9 Å². The molecule has 0 saturated heterocycles. The Morgan fingerprint density at radius 2 is 1.25 bits per heavy atom. The first-order valence-corrected chi connectivity index (χ1v) is 0.507. The van der Waals surface area contributed by atoms with Gasteiger partial charge in [-0.25, -0.2) is 0 Å². The molecule has 23 valence electrons. The maximum atomic E-state index is 6.47. The molecule has 4 heavy (non-hydrogen) atoms. The molecule has 2 nitrogen and oxygen atoms in total. The summed E-state index contributed by atoms with van der Waals surface area (Å²) in [5.74, 6) is 0. The van der Waals surface area contributed by atoms with Crippen molar-refractivity contribution in [1.82, 2.24) is 0 Å². The quantitative estimate of drug-likeness (QED) is 0.381. The molecule has 4 heteroatoms. The van der Waals surface area contributed by atoms with Crippen LogP contribution in [0.1, 0.15) is 0 Å². The topological polar surface area (TPSA) is 51.7 Å². The zero-order chi connectivity index (χ0) is 2.00. The third-order valence-electron chi connectivity index (χ3n) is 0. The minimum atomic E-state index is 0. The van der Waals surface area contributed by atoms with Gasteiger partial charge in [-0.1, -0.05) is 0 Å². The van der Waals surface area contributed by atoms with Gasteiger partial charge in [-0.15, -0.1) is 0 Å². The number of halogens is 1. The maximum absolute atomic E-state index is 6.47. The van der Waals surface area contributed by atoms with Crippen molar-refractivity contribution >= 4 is 41.4 Å². The van der Waals surface area contributed by atoms with E-state index in [1.807, 2.05) is 0 Å². The summed E-state index contributed by atoms with van der Waals surface area (Å²) >= 11 is 3.64. The van der Waals surface area contributed by atoms with E-state index in [9.17, 15) is 0 Å².